The van der Waals surface area contributed by atoms with Gasteiger partial charge in [-0.2, -0.15) is 0 Å². The third-order valence-corrected chi connectivity index (χ3v) is 11.9. The molecule has 0 bridgehead atoms. The monoisotopic (exact) mass is 558 g/mol. The van der Waals surface area contributed by atoms with E-state index in [1.165, 1.54) is 0 Å². The van der Waals surface area contributed by atoms with Gasteiger partial charge in [0.15, 0.2) is 9.84 Å². The Morgan fingerprint density at radius 2 is 1.68 bits per heavy atom. The number of sulfone groups is 1. The van der Waals surface area contributed by atoms with Crippen LogP contribution in [0.2, 0.25) is 0 Å². The number of carboxylic acid groups (broad SMARTS) is 1. The summed E-state index contributed by atoms with van der Waals surface area (Å²) >= 11 is 0. The summed E-state index contributed by atoms with van der Waals surface area (Å²) in [6, 6.07) is 16.5. The van der Waals surface area contributed by atoms with Gasteiger partial charge in [-0.15, -0.1) is 0 Å². The lowest BCUT2D eigenvalue weighted by Gasteiger charge is -2.43. The SMILES string of the molecule is Cc1ccc(S(=O)(=O)C23CCN(C(=O)[C@H]4CC[C@H](C(=O)O)CC4)C2CCc2cc(-c4cccnc4)ccc23)cc1. The average molecular weight is 559 g/mol. The second-order valence-corrected chi connectivity index (χ2v) is 13.7. The fourth-order valence-electron chi connectivity index (χ4n) is 7.25. The first kappa shape index (κ1) is 26.7. The Labute approximate surface area is 235 Å². The molecule has 0 spiro atoms. The van der Waals surface area contributed by atoms with Crippen LogP contribution in [0.3, 0.4) is 0 Å². The first-order valence-corrected chi connectivity index (χ1v) is 15.6. The van der Waals surface area contributed by atoms with Gasteiger partial charge in [-0.05, 0) is 92.3 Å². The zero-order chi connectivity index (χ0) is 28.1. The van der Waals surface area contributed by atoms with Crippen LogP contribution in [0.15, 0.2) is 71.9 Å². The molecule has 6 rings (SSSR count). The van der Waals surface area contributed by atoms with E-state index in [1.807, 2.05) is 48.2 Å². The molecule has 2 unspecified atom stereocenters. The highest BCUT2D eigenvalue weighted by molar-refractivity contribution is 7.92. The number of carbonyl (C=O) groups excluding carboxylic acids is 1. The molecule has 40 heavy (non-hydrogen) atoms. The second-order valence-electron chi connectivity index (χ2n) is 11.5. The van der Waals surface area contributed by atoms with Crippen LogP contribution in [0.1, 0.15) is 55.2 Å². The van der Waals surface area contributed by atoms with E-state index < -0.39 is 32.5 Å². The van der Waals surface area contributed by atoms with Crippen molar-refractivity contribution < 1.29 is 23.1 Å². The van der Waals surface area contributed by atoms with Crippen LogP contribution in [0.5, 0.6) is 0 Å². The highest BCUT2D eigenvalue weighted by Crippen LogP contribution is 2.53. The third-order valence-electron chi connectivity index (χ3n) is 9.40. The molecule has 2 fully saturated rings. The van der Waals surface area contributed by atoms with Crippen LogP contribution >= 0.6 is 0 Å². The molecule has 2 heterocycles. The molecular weight excluding hydrogens is 524 g/mol. The van der Waals surface area contributed by atoms with Crippen LogP contribution in [-0.2, 0) is 30.6 Å². The van der Waals surface area contributed by atoms with Crippen molar-refractivity contribution in [2.75, 3.05) is 6.54 Å². The van der Waals surface area contributed by atoms with E-state index in [1.54, 1.807) is 24.5 Å². The van der Waals surface area contributed by atoms with Gasteiger partial charge in [-0.1, -0.05) is 42.0 Å². The average Bonchev–Trinajstić information content (AvgIpc) is 3.39. The van der Waals surface area contributed by atoms with Crippen molar-refractivity contribution in [2.24, 2.45) is 11.8 Å². The molecular formula is C32H34N2O5S. The van der Waals surface area contributed by atoms with Crippen molar-refractivity contribution in [1.82, 2.24) is 9.88 Å². The number of benzene rings is 2. The van der Waals surface area contributed by atoms with Crippen molar-refractivity contribution in [3.8, 4) is 11.1 Å². The zero-order valence-corrected chi connectivity index (χ0v) is 23.4. The van der Waals surface area contributed by atoms with Gasteiger partial charge in [-0.25, -0.2) is 8.42 Å². The molecule has 1 N–H and O–H groups in total. The Balaban J connectivity index is 1.42. The van der Waals surface area contributed by atoms with Crippen LogP contribution in [-0.4, -0.2) is 47.9 Å². The lowest BCUT2D eigenvalue weighted by Crippen LogP contribution is -2.53. The third kappa shape index (κ3) is 4.24. The maximum atomic E-state index is 14.7. The molecule has 3 aromatic rings. The van der Waals surface area contributed by atoms with E-state index in [4.69, 9.17) is 0 Å². The number of amides is 1. The first-order chi connectivity index (χ1) is 19.2. The van der Waals surface area contributed by atoms with E-state index in [2.05, 4.69) is 11.1 Å². The number of pyridine rings is 1. The van der Waals surface area contributed by atoms with Gasteiger partial charge >= 0.3 is 5.97 Å². The highest BCUT2D eigenvalue weighted by Gasteiger charge is 2.61. The standard InChI is InChI=1S/C32H34N2O5S/c1-21-4-12-27(13-5-21)40(38,39)32-16-18-34(30(35)22-6-8-23(9-7-22)31(36)37)29(32)15-11-25-19-24(10-14-28(25)32)26-3-2-17-33-20-26/h2-5,10,12-14,17,19-20,22-23,29H,6-9,11,15-16,18H2,1H3,(H,36,37)/t22-,23-,29?,32?. The van der Waals surface area contributed by atoms with Crippen molar-refractivity contribution in [2.45, 2.75) is 67.6 Å². The Morgan fingerprint density at radius 3 is 2.35 bits per heavy atom. The number of aliphatic carboxylic acids is 1. The van der Waals surface area contributed by atoms with E-state index >= 15 is 0 Å². The summed E-state index contributed by atoms with van der Waals surface area (Å²) in [6.07, 6.45) is 7.13. The van der Waals surface area contributed by atoms with E-state index in [-0.39, 0.29) is 16.7 Å². The van der Waals surface area contributed by atoms with Gasteiger partial charge < -0.3 is 10.0 Å². The van der Waals surface area contributed by atoms with Crippen LogP contribution < -0.4 is 0 Å². The number of carbonyl (C=O) groups is 2. The van der Waals surface area contributed by atoms with Gasteiger partial charge in [0.25, 0.3) is 0 Å². The molecule has 1 aliphatic heterocycles. The van der Waals surface area contributed by atoms with Gasteiger partial charge in [0.2, 0.25) is 5.91 Å². The van der Waals surface area contributed by atoms with E-state index in [0.717, 1.165) is 27.8 Å². The Kier molecular flexibility index (Phi) is 6.77. The lowest BCUT2D eigenvalue weighted by atomic mass is 9.77. The molecule has 0 radical (unpaired) electrons. The number of hydrogen-bond donors (Lipinski definition) is 1. The minimum Gasteiger partial charge on any atom is -0.481 e. The Hall–Kier alpha value is -3.52. The van der Waals surface area contributed by atoms with E-state index in [9.17, 15) is 23.1 Å². The predicted molar refractivity (Wildman–Crippen MR) is 151 cm³/mol. The lowest BCUT2D eigenvalue weighted by molar-refractivity contribution is -0.146. The number of fused-ring (bicyclic) bond motifs is 3. The molecule has 1 saturated carbocycles. The summed E-state index contributed by atoms with van der Waals surface area (Å²) in [5.74, 6) is -1.49. The number of aromatic nitrogens is 1. The Morgan fingerprint density at radius 1 is 0.950 bits per heavy atom. The zero-order valence-electron chi connectivity index (χ0n) is 22.6. The smallest absolute Gasteiger partial charge is 0.306 e. The molecule has 208 valence electrons. The van der Waals surface area contributed by atoms with Crippen LogP contribution in [0, 0.1) is 18.8 Å². The summed E-state index contributed by atoms with van der Waals surface area (Å²) < 4.78 is 28.1. The number of rotatable bonds is 5. The van der Waals surface area contributed by atoms with Gasteiger partial charge in [-0.3, -0.25) is 14.6 Å². The number of carboxylic acids is 1. The number of hydrogen-bond acceptors (Lipinski definition) is 5. The van der Waals surface area contributed by atoms with Crippen LogP contribution in [0.4, 0.5) is 0 Å². The number of aryl methyl sites for hydroxylation is 2. The molecule has 3 aliphatic rings. The Bertz CT molecular complexity index is 1550. The first-order valence-electron chi connectivity index (χ1n) is 14.1. The number of likely N-dealkylation sites (tertiary alicyclic amines) is 1. The summed E-state index contributed by atoms with van der Waals surface area (Å²) in [5, 5.41) is 9.40. The quantitative estimate of drug-likeness (QED) is 0.464. The molecule has 2 aromatic carbocycles. The van der Waals surface area contributed by atoms with Crippen LogP contribution in [0.25, 0.3) is 11.1 Å². The molecule has 1 amide bonds. The summed E-state index contributed by atoms with van der Waals surface area (Å²) in [4.78, 5) is 31.7. The maximum Gasteiger partial charge on any atom is 0.306 e. The van der Waals surface area contributed by atoms with Gasteiger partial charge in [0.05, 0.1) is 16.9 Å². The van der Waals surface area contributed by atoms with E-state index in [0.29, 0.717) is 51.5 Å². The fraction of sp³-hybridized carbons (Fsp3) is 0.406. The summed E-state index contributed by atoms with van der Waals surface area (Å²) in [6.45, 7) is 2.31. The fourth-order valence-corrected chi connectivity index (χ4v) is 9.62. The molecule has 1 aromatic heterocycles. The molecule has 7 nitrogen and oxygen atoms in total. The predicted octanol–water partition coefficient (Wildman–Crippen LogP) is 5.16. The molecule has 2 aliphatic carbocycles. The van der Waals surface area contributed by atoms with Gasteiger partial charge in [0, 0.05) is 24.9 Å². The highest BCUT2D eigenvalue weighted by atomic mass is 32.2. The summed E-state index contributed by atoms with van der Waals surface area (Å²) in [5.41, 5.74) is 4.75. The molecule has 8 heteroatoms. The largest absolute Gasteiger partial charge is 0.481 e. The van der Waals surface area contributed by atoms with Crippen molar-refractivity contribution in [1.29, 1.82) is 0 Å². The van der Waals surface area contributed by atoms with Crippen molar-refractivity contribution in [3.05, 3.63) is 83.7 Å². The minimum absolute atomic E-state index is 0.0229. The van der Waals surface area contributed by atoms with Gasteiger partial charge in [0.1, 0.15) is 4.75 Å². The summed E-state index contributed by atoms with van der Waals surface area (Å²) in [7, 11) is -3.87. The second kappa shape index (κ2) is 10.1. The normalized spacial score (nSPS) is 26.1. The van der Waals surface area contributed by atoms with Crippen molar-refractivity contribution >= 4 is 21.7 Å². The van der Waals surface area contributed by atoms with Crippen molar-refractivity contribution in [3.63, 3.8) is 0 Å². The maximum absolute atomic E-state index is 14.7. The molecule has 2 atom stereocenters. The minimum atomic E-state index is -3.87. The topological polar surface area (TPSA) is 105 Å². The number of nitrogens with zero attached hydrogens (tertiary/aromatic N) is 2. The molecule has 1 saturated heterocycles.